The van der Waals surface area contributed by atoms with Crippen LogP contribution in [0.1, 0.15) is 44.3 Å². The van der Waals surface area contributed by atoms with Crippen LogP contribution >= 0.6 is 11.3 Å². The molecule has 1 rings (SSSR count). The van der Waals surface area contributed by atoms with Gasteiger partial charge in [-0.25, -0.2) is 4.98 Å². The summed E-state index contributed by atoms with van der Waals surface area (Å²) in [6.07, 6.45) is 2.43. The minimum atomic E-state index is 0.905. The van der Waals surface area contributed by atoms with E-state index >= 15 is 0 Å². The molecule has 0 fully saturated rings. The van der Waals surface area contributed by atoms with E-state index in [0.717, 1.165) is 19.6 Å². The quantitative estimate of drug-likeness (QED) is 0.735. The van der Waals surface area contributed by atoms with Gasteiger partial charge in [-0.15, -0.1) is 11.3 Å². The number of hydrogen-bond donors (Lipinski definition) is 1. The van der Waals surface area contributed by atoms with Crippen LogP contribution in [-0.2, 0) is 13.1 Å². The van der Waals surface area contributed by atoms with Crippen molar-refractivity contribution >= 4 is 11.3 Å². The highest BCUT2D eigenvalue weighted by molar-refractivity contribution is 7.09. The summed E-state index contributed by atoms with van der Waals surface area (Å²) in [5.74, 6) is 0. The summed E-state index contributed by atoms with van der Waals surface area (Å²) < 4.78 is 0. The third kappa shape index (κ3) is 5.61. The molecular formula is C13H25N3S. The van der Waals surface area contributed by atoms with E-state index in [0.29, 0.717) is 0 Å². The van der Waals surface area contributed by atoms with Gasteiger partial charge in [0.25, 0.3) is 0 Å². The highest BCUT2D eigenvalue weighted by Crippen LogP contribution is 2.12. The predicted molar refractivity (Wildman–Crippen MR) is 75.4 cm³/mol. The molecule has 98 valence electrons. The topological polar surface area (TPSA) is 28.2 Å². The van der Waals surface area contributed by atoms with Crippen molar-refractivity contribution < 1.29 is 0 Å². The van der Waals surface area contributed by atoms with Crippen LogP contribution in [0.3, 0.4) is 0 Å². The minimum Gasteiger partial charge on any atom is -0.311 e. The van der Waals surface area contributed by atoms with Gasteiger partial charge in [-0.2, -0.15) is 0 Å². The molecule has 0 atom stereocenters. The predicted octanol–water partition coefficient (Wildman–Crippen LogP) is 2.87. The molecule has 0 radical (unpaired) electrons. The molecule has 0 spiro atoms. The van der Waals surface area contributed by atoms with Gasteiger partial charge in [0.2, 0.25) is 0 Å². The molecule has 0 saturated carbocycles. The smallest absolute Gasteiger partial charge is 0.107 e. The molecule has 3 nitrogen and oxygen atoms in total. The van der Waals surface area contributed by atoms with Crippen molar-refractivity contribution in [3.63, 3.8) is 0 Å². The Morgan fingerprint density at radius 1 is 1.24 bits per heavy atom. The van der Waals surface area contributed by atoms with E-state index in [-0.39, 0.29) is 0 Å². The van der Waals surface area contributed by atoms with Crippen molar-refractivity contribution in [2.75, 3.05) is 19.6 Å². The van der Waals surface area contributed by atoms with E-state index in [9.17, 15) is 0 Å². The summed E-state index contributed by atoms with van der Waals surface area (Å²) >= 11 is 1.77. The zero-order valence-corrected chi connectivity index (χ0v) is 12.1. The standard InChI is InChI=1S/C13H25N3S/c1-4-7-16(8-5-2)10-12-11-17-13(15-12)9-14-6-3/h11,14H,4-10H2,1-3H3. The highest BCUT2D eigenvalue weighted by Gasteiger charge is 2.07. The fourth-order valence-corrected chi connectivity index (χ4v) is 2.62. The molecule has 0 aliphatic carbocycles. The molecule has 1 heterocycles. The number of thiazole rings is 1. The van der Waals surface area contributed by atoms with Crippen molar-refractivity contribution in [1.29, 1.82) is 0 Å². The first-order valence-corrected chi connectivity index (χ1v) is 7.54. The number of nitrogens with one attached hydrogen (secondary N) is 1. The Kier molecular flexibility index (Phi) is 7.40. The molecule has 0 aromatic carbocycles. The van der Waals surface area contributed by atoms with E-state index in [1.807, 2.05) is 0 Å². The van der Waals surface area contributed by atoms with Gasteiger partial charge in [0.15, 0.2) is 0 Å². The highest BCUT2D eigenvalue weighted by atomic mass is 32.1. The Morgan fingerprint density at radius 3 is 2.53 bits per heavy atom. The van der Waals surface area contributed by atoms with Crippen LogP contribution in [0.2, 0.25) is 0 Å². The summed E-state index contributed by atoms with van der Waals surface area (Å²) in [6, 6.07) is 0. The van der Waals surface area contributed by atoms with Gasteiger partial charge in [0.05, 0.1) is 5.69 Å². The third-order valence-electron chi connectivity index (χ3n) is 2.59. The van der Waals surface area contributed by atoms with Gasteiger partial charge < -0.3 is 5.32 Å². The van der Waals surface area contributed by atoms with Gasteiger partial charge in [-0.1, -0.05) is 20.8 Å². The normalized spacial score (nSPS) is 11.3. The maximum atomic E-state index is 4.67. The van der Waals surface area contributed by atoms with Crippen LogP contribution in [0, 0.1) is 0 Å². The summed E-state index contributed by atoms with van der Waals surface area (Å²) in [5.41, 5.74) is 1.23. The SMILES string of the molecule is CCCN(CCC)Cc1csc(CNCC)n1. The van der Waals surface area contributed by atoms with E-state index in [2.05, 4.69) is 41.4 Å². The van der Waals surface area contributed by atoms with Crippen molar-refractivity contribution in [3.05, 3.63) is 16.1 Å². The minimum absolute atomic E-state index is 0.905. The molecule has 0 amide bonds. The summed E-state index contributed by atoms with van der Waals surface area (Å²) in [4.78, 5) is 7.16. The molecule has 0 unspecified atom stereocenters. The van der Waals surface area contributed by atoms with Gasteiger partial charge >= 0.3 is 0 Å². The second kappa shape index (κ2) is 8.61. The molecule has 1 aromatic rings. The fourth-order valence-electron chi connectivity index (χ4n) is 1.87. The van der Waals surface area contributed by atoms with Gasteiger partial charge in [-0.3, -0.25) is 4.90 Å². The van der Waals surface area contributed by atoms with Crippen LogP contribution in [0.5, 0.6) is 0 Å². The first kappa shape index (κ1) is 14.6. The molecule has 0 aliphatic heterocycles. The van der Waals surface area contributed by atoms with Crippen molar-refractivity contribution in [1.82, 2.24) is 15.2 Å². The lowest BCUT2D eigenvalue weighted by atomic mass is 10.3. The lowest BCUT2D eigenvalue weighted by molar-refractivity contribution is 0.264. The van der Waals surface area contributed by atoms with Crippen LogP contribution in [0.15, 0.2) is 5.38 Å². The molecule has 4 heteroatoms. The lowest BCUT2D eigenvalue weighted by Crippen LogP contribution is -2.25. The number of rotatable bonds is 9. The molecule has 1 aromatic heterocycles. The number of hydrogen-bond acceptors (Lipinski definition) is 4. The Morgan fingerprint density at radius 2 is 1.94 bits per heavy atom. The average Bonchev–Trinajstić information content (AvgIpc) is 2.75. The first-order chi connectivity index (χ1) is 8.30. The largest absolute Gasteiger partial charge is 0.311 e. The van der Waals surface area contributed by atoms with Gasteiger partial charge in [0, 0.05) is 18.5 Å². The zero-order chi connectivity index (χ0) is 12.5. The van der Waals surface area contributed by atoms with Gasteiger partial charge in [0.1, 0.15) is 5.01 Å². The third-order valence-corrected chi connectivity index (χ3v) is 3.49. The molecule has 0 aliphatic rings. The lowest BCUT2D eigenvalue weighted by Gasteiger charge is -2.19. The average molecular weight is 255 g/mol. The Balaban J connectivity index is 2.45. The van der Waals surface area contributed by atoms with E-state index < -0.39 is 0 Å². The summed E-state index contributed by atoms with van der Waals surface area (Å²) in [7, 11) is 0. The van der Waals surface area contributed by atoms with Crippen molar-refractivity contribution in [2.45, 2.75) is 46.7 Å². The van der Waals surface area contributed by atoms with Crippen LogP contribution < -0.4 is 5.32 Å². The molecule has 0 bridgehead atoms. The second-order valence-corrected chi connectivity index (χ2v) is 5.23. The Hall–Kier alpha value is -0.450. The van der Waals surface area contributed by atoms with Crippen LogP contribution in [0.25, 0.3) is 0 Å². The van der Waals surface area contributed by atoms with E-state index in [1.54, 1.807) is 11.3 Å². The maximum Gasteiger partial charge on any atom is 0.107 e. The van der Waals surface area contributed by atoms with E-state index in [1.165, 1.54) is 36.6 Å². The van der Waals surface area contributed by atoms with Crippen LogP contribution in [0.4, 0.5) is 0 Å². The van der Waals surface area contributed by atoms with Crippen molar-refractivity contribution in [2.24, 2.45) is 0 Å². The maximum absolute atomic E-state index is 4.67. The van der Waals surface area contributed by atoms with Gasteiger partial charge in [-0.05, 0) is 32.5 Å². The summed E-state index contributed by atoms with van der Waals surface area (Å²) in [6.45, 7) is 11.9. The number of nitrogens with zero attached hydrogens (tertiary/aromatic N) is 2. The summed E-state index contributed by atoms with van der Waals surface area (Å²) in [5, 5.41) is 6.72. The van der Waals surface area contributed by atoms with Crippen molar-refractivity contribution in [3.8, 4) is 0 Å². The molecular weight excluding hydrogens is 230 g/mol. The Bertz CT molecular complexity index is 293. The molecule has 0 saturated heterocycles. The molecule has 17 heavy (non-hydrogen) atoms. The van der Waals surface area contributed by atoms with E-state index in [4.69, 9.17) is 0 Å². The fraction of sp³-hybridized carbons (Fsp3) is 0.769. The monoisotopic (exact) mass is 255 g/mol. The Labute approximate surface area is 109 Å². The van der Waals surface area contributed by atoms with Crippen LogP contribution in [-0.4, -0.2) is 29.5 Å². The molecule has 1 N–H and O–H groups in total. The second-order valence-electron chi connectivity index (χ2n) is 4.29. The first-order valence-electron chi connectivity index (χ1n) is 6.66. The number of aromatic nitrogens is 1. The zero-order valence-electron chi connectivity index (χ0n) is 11.3.